The Bertz CT molecular complexity index is 1040. The number of amides is 2. The summed E-state index contributed by atoms with van der Waals surface area (Å²) in [6, 6.07) is 7.28. The lowest BCUT2D eigenvalue weighted by atomic mass is 10.0. The van der Waals surface area contributed by atoms with Crippen molar-refractivity contribution in [2.45, 2.75) is 33.9 Å². The summed E-state index contributed by atoms with van der Waals surface area (Å²) in [6.07, 6.45) is 0. The molecule has 0 aliphatic rings. The number of nitrogens with zero attached hydrogens (tertiary/aromatic N) is 5. The number of carbonyl (C=O) groups excluding carboxylic acids is 2. The third-order valence-corrected chi connectivity index (χ3v) is 4.37. The van der Waals surface area contributed by atoms with E-state index in [1.807, 2.05) is 32.0 Å². The van der Waals surface area contributed by atoms with Crippen LogP contribution in [-0.4, -0.2) is 43.7 Å². The highest BCUT2D eigenvalue weighted by molar-refractivity contribution is 5.95. The molecule has 3 rings (SSSR count). The molecule has 2 N–H and O–H groups in total. The maximum absolute atomic E-state index is 12.8. The molecule has 3 aromatic rings. The second-order valence-corrected chi connectivity index (χ2v) is 6.63. The fraction of sp³-hybridized carbons (Fsp3) is 0.316. The molecular weight excluding hydrogens is 360 g/mol. The fourth-order valence-electron chi connectivity index (χ4n) is 3.12. The minimum atomic E-state index is -0.459. The molecule has 0 atom stereocenters. The zero-order chi connectivity index (χ0) is 20.4. The van der Waals surface area contributed by atoms with Crippen molar-refractivity contribution in [2.24, 2.45) is 5.73 Å². The molecule has 9 nitrogen and oxygen atoms in total. The van der Waals surface area contributed by atoms with Crippen molar-refractivity contribution in [1.29, 1.82) is 0 Å². The van der Waals surface area contributed by atoms with Crippen LogP contribution in [0.5, 0.6) is 0 Å². The topological polar surface area (TPSA) is 120 Å². The summed E-state index contributed by atoms with van der Waals surface area (Å²) in [5.41, 5.74) is 9.12. The van der Waals surface area contributed by atoms with Crippen molar-refractivity contribution in [3.05, 3.63) is 53.0 Å². The van der Waals surface area contributed by atoms with E-state index in [9.17, 15) is 9.59 Å². The summed E-state index contributed by atoms with van der Waals surface area (Å²) in [6.45, 7) is 5.66. The number of aromatic nitrogens is 4. The van der Waals surface area contributed by atoms with Crippen molar-refractivity contribution in [1.82, 2.24) is 24.9 Å². The first kappa shape index (κ1) is 19.3. The van der Waals surface area contributed by atoms with Crippen molar-refractivity contribution in [2.75, 3.05) is 7.05 Å². The van der Waals surface area contributed by atoms with Gasteiger partial charge in [0, 0.05) is 30.8 Å². The first-order chi connectivity index (χ1) is 13.3. The first-order valence-electron chi connectivity index (χ1n) is 8.73. The molecule has 0 bridgehead atoms. The van der Waals surface area contributed by atoms with Gasteiger partial charge in [0.2, 0.25) is 17.7 Å². The van der Waals surface area contributed by atoms with E-state index in [0.717, 1.165) is 22.5 Å². The van der Waals surface area contributed by atoms with Crippen LogP contribution in [0, 0.1) is 20.8 Å². The molecule has 9 heteroatoms. The SMILES string of the molecule is Cc1nnc(CN(C)C(=O)c2cccc(-c3c(C)nn(CC(N)=O)c3C)c2)o1. The normalized spacial score (nSPS) is 10.9. The number of carbonyl (C=O) groups is 2. The van der Waals surface area contributed by atoms with Crippen molar-refractivity contribution in [3.8, 4) is 11.1 Å². The van der Waals surface area contributed by atoms with Crippen LogP contribution in [0.2, 0.25) is 0 Å². The van der Waals surface area contributed by atoms with Gasteiger partial charge in [0.05, 0.1) is 12.2 Å². The highest BCUT2D eigenvalue weighted by Crippen LogP contribution is 2.28. The van der Waals surface area contributed by atoms with Crippen LogP contribution in [-0.2, 0) is 17.9 Å². The summed E-state index contributed by atoms with van der Waals surface area (Å²) in [5, 5.41) is 12.1. The molecule has 0 aliphatic carbocycles. The van der Waals surface area contributed by atoms with E-state index in [1.165, 1.54) is 4.90 Å². The number of primary amides is 1. The molecule has 0 unspecified atom stereocenters. The molecule has 2 heterocycles. The third kappa shape index (κ3) is 3.93. The second-order valence-electron chi connectivity index (χ2n) is 6.63. The molecule has 0 saturated carbocycles. The van der Waals surface area contributed by atoms with E-state index in [4.69, 9.17) is 10.2 Å². The Hall–Kier alpha value is -3.49. The molecule has 2 amide bonds. The number of hydrogen-bond donors (Lipinski definition) is 1. The highest BCUT2D eigenvalue weighted by Gasteiger charge is 2.18. The van der Waals surface area contributed by atoms with E-state index in [1.54, 1.807) is 24.7 Å². The van der Waals surface area contributed by atoms with Gasteiger partial charge < -0.3 is 15.1 Å². The number of rotatable bonds is 6. The number of nitrogens with two attached hydrogens (primary N) is 1. The fourth-order valence-corrected chi connectivity index (χ4v) is 3.12. The highest BCUT2D eigenvalue weighted by atomic mass is 16.4. The van der Waals surface area contributed by atoms with Crippen molar-refractivity contribution < 1.29 is 14.0 Å². The van der Waals surface area contributed by atoms with E-state index in [-0.39, 0.29) is 19.0 Å². The number of aryl methyl sites for hydroxylation is 2. The standard InChI is InChI=1S/C19H22N6O3/c1-11-18(12(2)25(23-11)9-16(20)26)14-6-5-7-15(8-14)19(27)24(4)10-17-22-21-13(3)28-17/h5-8H,9-10H2,1-4H3,(H2,20,26). The molecule has 0 radical (unpaired) electrons. The Kier molecular flexibility index (Phi) is 5.25. The molecule has 0 fully saturated rings. The molecule has 1 aromatic carbocycles. The Balaban J connectivity index is 1.87. The summed E-state index contributed by atoms with van der Waals surface area (Å²) in [4.78, 5) is 25.6. The van der Waals surface area contributed by atoms with Gasteiger partial charge in [-0.25, -0.2) is 0 Å². The molecule has 28 heavy (non-hydrogen) atoms. The van der Waals surface area contributed by atoms with Crippen LogP contribution < -0.4 is 5.73 Å². The number of benzene rings is 1. The Morgan fingerprint density at radius 1 is 1.21 bits per heavy atom. The number of hydrogen-bond acceptors (Lipinski definition) is 6. The third-order valence-electron chi connectivity index (χ3n) is 4.37. The van der Waals surface area contributed by atoms with Crippen LogP contribution in [0.1, 0.15) is 33.5 Å². The van der Waals surface area contributed by atoms with Gasteiger partial charge in [0.1, 0.15) is 6.54 Å². The Labute approximate surface area is 162 Å². The summed E-state index contributed by atoms with van der Waals surface area (Å²) < 4.78 is 6.91. The largest absolute Gasteiger partial charge is 0.424 e. The Morgan fingerprint density at radius 2 is 1.96 bits per heavy atom. The van der Waals surface area contributed by atoms with Gasteiger partial charge in [0.15, 0.2) is 0 Å². The van der Waals surface area contributed by atoms with Gasteiger partial charge in [-0.2, -0.15) is 5.10 Å². The van der Waals surface area contributed by atoms with Crippen LogP contribution in [0.15, 0.2) is 28.7 Å². The van der Waals surface area contributed by atoms with Crippen LogP contribution in [0.25, 0.3) is 11.1 Å². The maximum atomic E-state index is 12.8. The van der Waals surface area contributed by atoms with E-state index in [0.29, 0.717) is 17.3 Å². The van der Waals surface area contributed by atoms with E-state index in [2.05, 4.69) is 15.3 Å². The van der Waals surface area contributed by atoms with Crippen LogP contribution >= 0.6 is 0 Å². The smallest absolute Gasteiger partial charge is 0.254 e. The maximum Gasteiger partial charge on any atom is 0.254 e. The van der Waals surface area contributed by atoms with E-state index < -0.39 is 5.91 Å². The zero-order valence-corrected chi connectivity index (χ0v) is 16.3. The molecular formula is C19H22N6O3. The van der Waals surface area contributed by atoms with Gasteiger partial charge in [0.25, 0.3) is 5.91 Å². The zero-order valence-electron chi connectivity index (χ0n) is 16.3. The minimum Gasteiger partial charge on any atom is -0.424 e. The Morgan fingerprint density at radius 3 is 2.61 bits per heavy atom. The summed E-state index contributed by atoms with van der Waals surface area (Å²) in [5.74, 6) is 0.206. The van der Waals surface area contributed by atoms with Crippen molar-refractivity contribution in [3.63, 3.8) is 0 Å². The monoisotopic (exact) mass is 382 g/mol. The van der Waals surface area contributed by atoms with Gasteiger partial charge in [-0.1, -0.05) is 12.1 Å². The van der Waals surface area contributed by atoms with E-state index >= 15 is 0 Å². The lowest BCUT2D eigenvalue weighted by molar-refractivity contribution is -0.118. The molecule has 0 spiro atoms. The van der Waals surface area contributed by atoms with Gasteiger partial charge >= 0.3 is 0 Å². The average molecular weight is 382 g/mol. The lowest BCUT2D eigenvalue weighted by Crippen LogP contribution is -2.26. The average Bonchev–Trinajstić information content (AvgIpc) is 3.16. The predicted octanol–water partition coefficient (Wildman–Crippen LogP) is 1.62. The molecule has 2 aromatic heterocycles. The predicted molar refractivity (Wildman–Crippen MR) is 101 cm³/mol. The van der Waals surface area contributed by atoms with Gasteiger partial charge in [-0.05, 0) is 31.5 Å². The lowest BCUT2D eigenvalue weighted by Gasteiger charge is -2.15. The first-order valence-corrected chi connectivity index (χ1v) is 8.73. The van der Waals surface area contributed by atoms with Crippen molar-refractivity contribution >= 4 is 11.8 Å². The quantitative estimate of drug-likeness (QED) is 0.691. The second kappa shape index (κ2) is 7.63. The van der Waals surface area contributed by atoms with Gasteiger partial charge in [-0.15, -0.1) is 10.2 Å². The summed E-state index contributed by atoms with van der Waals surface area (Å²) >= 11 is 0. The molecule has 0 aliphatic heterocycles. The van der Waals surface area contributed by atoms with Crippen LogP contribution in [0.3, 0.4) is 0 Å². The summed E-state index contributed by atoms with van der Waals surface area (Å²) in [7, 11) is 1.68. The van der Waals surface area contributed by atoms with Gasteiger partial charge in [-0.3, -0.25) is 14.3 Å². The molecule has 0 saturated heterocycles. The molecule has 146 valence electrons. The minimum absolute atomic E-state index is 0.0115. The van der Waals surface area contributed by atoms with Crippen LogP contribution in [0.4, 0.5) is 0 Å².